The summed E-state index contributed by atoms with van der Waals surface area (Å²) in [6.45, 7) is -0.0875. The number of benzene rings is 3. The molecule has 4 atom stereocenters. The quantitative estimate of drug-likeness (QED) is 0.407. The number of carbonyl (C=O) groups excluding carboxylic acids is 1. The third-order valence-electron chi connectivity index (χ3n) is 6.50. The van der Waals surface area contributed by atoms with Gasteiger partial charge in [0.1, 0.15) is 0 Å². The number of hydrogen-bond acceptors (Lipinski definition) is 4. The Morgan fingerprint density at radius 3 is 2.33 bits per heavy atom. The highest BCUT2D eigenvalue weighted by molar-refractivity contribution is 5.79. The maximum atomic E-state index is 13.4. The van der Waals surface area contributed by atoms with Gasteiger partial charge in [0, 0.05) is 12.3 Å². The first-order valence-corrected chi connectivity index (χ1v) is 11.5. The molecule has 1 aliphatic rings. The Morgan fingerprint density at radius 1 is 0.909 bits per heavy atom. The van der Waals surface area contributed by atoms with Crippen molar-refractivity contribution >= 4 is 5.91 Å². The molecule has 0 unspecified atom stereocenters. The van der Waals surface area contributed by atoms with Gasteiger partial charge in [-0.25, -0.2) is 0 Å². The number of fused-ring (bicyclic) bond motifs is 1. The largest absolute Gasteiger partial charge is 0.393 e. The van der Waals surface area contributed by atoms with E-state index >= 15 is 0 Å². The fourth-order valence-electron chi connectivity index (χ4n) is 4.78. The Kier molecular flexibility index (Phi) is 7.55. The minimum Gasteiger partial charge on any atom is -0.393 e. The molecular formula is C28H31NO4. The summed E-state index contributed by atoms with van der Waals surface area (Å²) in [7, 11) is 0. The maximum Gasteiger partial charge on any atom is 0.224 e. The topological polar surface area (TPSA) is 89.8 Å². The number of nitrogens with one attached hydrogen (secondary N) is 1. The average molecular weight is 446 g/mol. The van der Waals surface area contributed by atoms with Crippen LogP contribution in [0.1, 0.15) is 40.3 Å². The molecular weight excluding hydrogens is 414 g/mol. The third-order valence-corrected chi connectivity index (χ3v) is 6.50. The van der Waals surface area contributed by atoms with Crippen molar-refractivity contribution in [3.8, 4) is 0 Å². The summed E-state index contributed by atoms with van der Waals surface area (Å²) < 4.78 is 0. The number of carbonyl (C=O) groups is 1. The number of aliphatic hydroxyl groups is 3. The Labute approximate surface area is 194 Å². The zero-order chi connectivity index (χ0) is 23.2. The van der Waals surface area contributed by atoms with Gasteiger partial charge in [-0.1, -0.05) is 78.9 Å². The maximum absolute atomic E-state index is 13.4. The Morgan fingerprint density at radius 2 is 1.58 bits per heavy atom. The lowest BCUT2D eigenvalue weighted by Gasteiger charge is -2.25. The lowest BCUT2D eigenvalue weighted by molar-refractivity contribution is -0.127. The molecule has 0 saturated carbocycles. The molecule has 1 aliphatic carbocycles. The van der Waals surface area contributed by atoms with Crippen LogP contribution >= 0.6 is 0 Å². The minimum absolute atomic E-state index is 0.0875. The second-order valence-corrected chi connectivity index (χ2v) is 8.86. The summed E-state index contributed by atoms with van der Waals surface area (Å²) in [6, 6.07) is 24.6. The summed E-state index contributed by atoms with van der Waals surface area (Å²) in [6.07, 6.45) is 0.263. The lowest BCUT2D eigenvalue weighted by Crippen LogP contribution is -2.39. The van der Waals surface area contributed by atoms with Gasteiger partial charge in [-0.2, -0.15) is 0 Å². The van der Waals surface area contributed by atoms with Gasteiger partial charge in [0.2, 0.25) is 5.91 Å². The van der Waals surface area contributed by atoms with E-state index < -0.39 is 24.2 Å². The highest BCUT2D eigenvalue weighted by Gasteiger charge is 2.34. The monoisotopic (exact) mass is 445 g/mol. The van der Waals surface area contributed by atoms with Gasteiger partial charge >= 0.3 is 0 Å². The summed E-state index contributed by atoms with van der Waals surface area (Å²) in [5, 5.41) is 34.1. The van der Waals surface area contributed by atoms with Crippen molar-refractivity contribution < 1.29 is 20.1 Å². The highest BCUT2D eigenvalue weighted by Crippen LogP contribution is 2.32. The van der Waals surface area contributed by atoms with Crippen molar-refractivity contribution in [3.63, 3.8) is 0 Å². The van der Waals surface area contributed by atoms with E-state index in [1.54, 1.807) is 0 Å². The summed E-state index contributed by atoms with van der Waals surface area (Å²) in [4.78, 5) is 13.4. The summed E-state index contributed by atoms with van der Waals surface area (Å²) in [5.74, 6) is -0.627. The van der Waals surface area contributed by atoms with E-state index in [1.807, 2.05) is 78.9 Å². The van der Waals surface area contributed by atoms with Gasteiger partial charge in [-0.05, 0) is 47.1 Å². The minimum atomic E-state index is -0.738. The first kappa shape index (κ1) is 23.2. The van der Waals surface area contributed by atoms with Gasteiger partial charge in [0.25, 0.3) is 0 Å². The zero-order valence-electron chi connectivity index (χ0n) is 18.6. The van der Waals surface area contributed by atoms with Crippen molar-refractivity contribution in [1.29, 1.82) is 0 Å². The molecule has 0 heterocycles. The van der Waals surface area contributed by atoms with Crippen LogP contribution in [-0.4, -0.2) is 33.4 Å². The molecule has 3 aromatic carbocycles. The molecule has 1 amide bonds. The number of rotatable bonds is 9. The molecule has 4 rings (SSSR count). The number of aliphatic hydroxyl groups excluding tert-OH is 3. The molecule has 33 heavy (non-hydrogen) atoms. The van der Waals surface area contributed by atoms with E-state index in [9.17, 15) is 20.1 Å². The zero-order valence-corrected chi connectivity index (χ0v) is 18.6. The van der Waals surface area contributed by atoms with Crippen LogP contribution in [0.5, 0.6) is 0 Å². The van der Waals surface area contributed by atoms with Crippen LogP contribution < -0.4 is 5.32 Å². The number of amides is 1. The lowest BCUT2D eigenvalue weighted by atomic mass is 9.89. The van der Waals surface area contributed by atoms with Crippen molar-refractivity contribution in [1.82, 2.24) is 5.32 Å². The van der Waals surface area contributed by atoms with Crippen LogP contribution in [-0.2, 0) is 30.7 Å². The van der Waals surface area contributed by atoms with Crippen LogP contribution in [0, 0.1) is 5.92 Å². The van der Waals surface area contributed by atoms with Crippen LogP contribution in [0.4, 0.5) is 0 Å². The SMILES string of the molecule is O=C(N[C@H]1c2ccccc2C[C@H]1O)[C@@H](Cc1ccccc1)C[C@@H](O)Cc1ccccc1CO. The Balaban J connectivity index is 1.50. The van der Waals surface area contributed by atoms with E-state index in [1.165, 1.54) is 0 Å². The first-order valence-electron chi connectivity index (χ1n) is 11.5. The molecule has 0 bridgehead atoms. The van der Waals surface area contributed by atoms with E-state index in [0.717, 1.165) is 27.8 Å². The molecule has 172 valence electrons. The second kappa shape index (κ2) is 10.8. The number of hydrogen-bond donors (Lipinski definition) is 4. The molecule has 0 fully saturated rings. The van der Waals surface area contributed by atoms with E-state index in [4.69, 9.17) is 0 Å². The van der Waals surface area contributed by atoms with E-state index in [0.29, 0.717) is 19.3 Å². The molecule has 3 aromatic rings. The molecule has 4 N–H and O–H groups in total. The Hall–Kier alpha value is -2.99. The predicted octanol–water partition coefficient (Wildman–Crippen LogP) is 3.11. The normalized spacial score (nSPS) is 19.0. The standard InChI is InChI=1S/C28H31NO4/c30-18-22-12-5-4-10-20(22)15-24(31)16-23(14-19-8-2-1-3-9-19)28(33)29-27-25-13-7-6-11-21(25)17-26(27)32/h1-13,23-24,26-27,30-32H,14-18H2,(H,29,33)/t23-,24-,26+,27-/m0/s1. The van der Waals surface area contributed by atoms with Crippen molar-refractivity contribution in [2.24, 2.45) is 5.92 Å². The predicted molar refractivity (Wildman–Crippen MR) is 127 cm³/mol. The molecule has 0 aliphatic heterocycles. The summed E-state index contributed by atoms with van der Waals surface area (Å²) in [5.41, 5.74) is 4.69. The van der Waals surface area contributed by atoms with Gasteiger partial charge in [0.05, 0.1) is 24.9 Å². The van der Waals surface area contributed by atoms with Crippen LogP contribution in [0.25, 0.3) is 0 Å². The molecule has 0 aromatic heterocycles. The van der Waals surface area contributed by atoms with Gasteiger partial charge in [-0.15, -0.1) is 0 Å². The van der Waals surface area contributed by atoms with Gasteiger partial charge < -0.3 is 20.6 Å². The summed E-state index contributed by atoms with van der Waals surface area (Å²) >= 11 is 0. The molecule has 0 saturated heterocycles. The van der Waals surface area contributed by atoms with Crippen LogP contribution in [0.15, 0.2) is 78.9 Å². The third kappa shape index (κ3) is 5.69. The molecule has 0 spiro atoms. The van der Waals surface area contributed by atoms with Crippen LogP contribution in [0.3, 0.4) is 0 Å². The molecule has 5 nitrogen and oxygen atoms in total. The fourth-order valence-corrected chi connectivity index (χ4v) is 4.78. The second-order valence-electron chi connectivity index (χ2n) is 8.86. The Bertz CT molecular complexity index is 1070. The van der Waals surface area contributed by atoms with Crippen molar-refractivity contribution in [2.75, 3.05) is 0 Å². The van der Waals surface area contributed by atoms with Crippen molar-refractivity contribution in [2.45, 2.75) is 50.5 Å². The van der Waals surface area contributed by atoms with Gasteiger partial charge in [0.15, 0.2) is 0 Å². The average Bonchev–Trinajstić information content (AvgIpc) is 3.14. The molecule has 5 heteroatoms. The smallest absolute Gasteiger partial charge is 0.224 e. The van der Waals surface area contributed by atoms with E-state index in [-0.39, 0.29) is 18.9 Å². The molecule has 0 radical (unpaired) electrons. The fraction of sp³-hybridized carbons (Fsp3) is 0.321. The van der Waals surface area contributed by atoms with Gasteiger partial charge in [-0.3, -0.25) is 4.79 Å². The van der Waals surface area contributed by atoms with E-state index in [2.05, 4.69) is 5.32 Å². The highest BCUT2D eigenvalue weighted by atomic mass is 16.3. The first-order chi connectivity index (χ1) is 16.0. The van der Waals surface area contributed by atoms with Crippen LogP contribution in [0.2, 0.25) is 0 Å². The van der Waals surface area contributed by atoms with Crippen molar-refractivity contribution in [3.05, 3.63) is 107 Å².